The van der Waals surface area contributed by atoms with Crippen LogP contribution in [0.5, 0.6) is 0 Å². The molecule has 1 amide bonds. The van der Waals surface area contributed by atoms with E-state index in [0.717, 1.165) is 28.8 Å². The van der Waals surface area contributed by atoms with E-state index in [1.807, 2.05) is 24.3 Å². The lowest BCUT2D eigenvalue weighted by molar-refractivity contribution is -0.140. The Balaban J connectivity index is 2.10. The predicted octanol–water partition coefficient (Wildman–Crippen LogP) is 4.36. The normalized spacial score (nSPS) is 17.9. The van der Waals surface area contributed by atoms with E-state index < -0.39 is 17.7 Å². The van der Waals surface area contributed by atoms with Crippen LogP contribution in [0.2, 0.25) is 0 Å². The van der Waals surface area contributed by atoms with Crippen molar-refractivity contribution in [3.8, 4) is 0 Å². The zero-order chi connectivity index (χ0) is 22.5. The molecule has 0 spiro atoms. The van der Waals surface area contributed by atoms with Crippen molar-refractivity contribution in [1.29, 1.82) is 0 Å². The second kappa shape index (κ2) is 10.1. The minimum Gasteiger partial charge on any atom is -0.507 e. The highest BCUT2D eigenvalue weighted by atomic mass is 79.9. The number of benzene rings is 2. The van der Waals surface area contributed by atoms with Crippen molar-refractivity contribution in [2.45, 2.75) is 19.9 Å². The molecular weight excluding hydrogens is 460 g/mol. The lowest BCUT2D eigenvalue weighted by Crippen LogP contribution is -2.32. The van der Waals surface area contributed by atoms with Gasteiger partial charge in [0.1, 0.15) is 5.76 Å². The molecule has 1 unspecified atom stereocenters. The standard InChI is InChI=1S/C24H27BrN2O4/c1-4-26(5-2)19-12-8-16(9-13-19)21-20(22(28)17-6-10-18(25)11-7-17)23(29)24(30)27(21)14-15-31-3/h6-13,21,28H,4-5,14-15H2,1-3H3/b22-20-. The molecule has 164 valence electrons. The Morgan fingerprint density at radius 2 is 1.68 bits per heavy atom. The molecular formula is C24H27BrN2O4. The molecule has 0 bridgehead atoms. The molecule has 1 fully saturated rings. The molecule has 1 atom stereocenters. The van der Waals surface area contributed by atoms with Gasteiger partial charge < -0.3 is 19.6 Å². The van der Waals surface area contributed by atoms with Crippen molar-refractivity contribution in [3.63, 3.8) is 0 Å². The van der Waals surface area contributed by atoms with E-state index in [2.05, 4.69) is 34.7 Å². The van der Waals surface area contributed by atoms with E-state index in [0.29, 0.717) is 12.2 Å². The van der Waals surface area contributed by atoms with Gasteiger partial charge in [-0.05, 0) is 43.7 Å². The first-order valence-corrected chi connectivity index (χ1v) is 11.1. The van der Waals surface area contributed by atoms with Crippen LogP contribution in [0.15, 0.2) is 58.6 Å². The molecule has 7 heteroatoms. The van der Waals surface area contributed by atoms with Crippen LogP contribution >= 0.6 is 15.9 Å². The maximum Gasteiger partial charge on any atom is 0.295 e. The van der Waals surface area contributed by atoms with Gasteiger partial charge in [-0.15, -0.1) is 0 Å². The van der Waals surface area contributed by atoms with Crippen LogP contribution in [-0.4, -0.2) is 55.0 Å². The molecule has 1 aliphatic rings. The van der Waals surface area contributed by atoms with Gasteiger partial charge in [-0.1, -0.05) is 40.2 Å². The summed E-state index contributed by atoms with van der Waals surface area (Å²) in [7, 11) is 1.55. The molecule has 31 heavy (non-hydrogen) atoms. The Hall–Kier alpha value is -2.64. The highest BCUT2D eigenvalue weighted by molar-refractivity contribution is 9.10. The predicted molar refractivity (Wildman–Crippen MR) is 125 cm³/mol. The van der Waals surface area contributed by atoms with Gasteiger partial charge in [0.25, 0.3) is 11.7 Å². The van der Waals surface area contributed by atoms with Crippen molar-refractivity contribution in [2.24, 2.45) is 0 Å². The number of hydrogen-bond donors (Lipinski definition) is 1. The average molecular weight is 487 g/mol. The zero-order valence-corrected chi connectivity index (χ0v) is 19.6. The lowest BCUT2D eigenvalue weighted by Gasteiger charge is -2.26. The van der Waals surface area contributed by atoms with Gasteiger partial charge in [0, 0.05) is 42.5 Å². The topological polar surface area (TPSA) is 70.1 Å². The number of halogens is 1. The summed E-state index contributed by atoms with van der Waals surface area (Å²) in [6.07, 6.45) is 0. The number of nitrogens with zero attached hydrogens (tertiary/aromatic N) is 2. The third-order valence-electron chi connectivity index (χ3n) is 5.53. The smallest absolute Gasteiger partial charge is 0.295 e. The van der Waals surface area contributed by atoms with E-state index in [4.69, 9.17) is 4.74 Å². The van der Waals surface area contributed by atoms with Crippen LogP contribution in [0.1, 0.15) is 31.0 Å². The highest BCUT2D eigenvalue weighted by Gasteiger charge is 2.45. The van der Waals surface area contributed by atoms with Gasteiger partial charge >= 0.3 is 0 Å². The third-order valence-corrected chi connectivity index (χ3v) is 6.06. The second-order valence-corrected chi connectivity index (χ2v) is 8.17. The molecule has 2 aromatic carbocycles. The number of anilines is 1. The number of methoxy groups -OCH3 is 1. The zero-order valence-electron chi connectivity index (χ0n) is 18.0. The Morgan fingerprint density at radius 3 is 2.23 bits per heavy atom. The Kier molecular flexibility index (Phi) is 7.51. The summed E-state index contributed by atoms with van der Waals surface area (Å²) < 4.78 is 6.00. The average Bonchev–Trinajstić information content (AvgIpc) is 3.03. The molecule has 0 saturated carbocycles. The second-order valence-electron chi connectivity index (χ2n) is 7.26. The number of aliphatic hydroxyl groups is 1. The van der Waals surface area contributed by atoms with Crippen LogP contribution in [0, 0.1) is 0 Å². The number of Topliss-reactive ketones (excluding diaryl/α,β-unsaturated/α-hetero) is 1. The van der Waals surface area contributed by atoms with Gasteiger partial charge in [-0.3, -0.25) is 9.59 Å². The third kappa shape index (κ3) is 4.67. The van der Waals surface area contributed by atoms with Crippen LogP contribution in [-0.2, 0) is 14.3 Å². The molecule has 1 heterocycles. The summed E-state index contributed by atoms with van der Waals surface area (Å²) in [6.45, 7) is 6.49. The van der Waals surface area contributed by atoms with E-state index in [1.54, 1.807) is 31.4 Å². The number of ether oxygens (including phenoxy) is 1. The summed E-state index contributed by atoms with van der Waals surface area (Å²) in [5, 5.41) is 11.0. The van der Waals surface area contributed by atoms with Crippen molar-refractivity contribution in [1.82, 2.24) is 4.90 Å². The van der Waals surface area contributed by atoms with Crippen LogP contribution in [0.3, 0.4) is 0 Å². The van der Waals surface area contributed by atoms with Gasteiger partial charge in [0.05, 0.1) is 18.2 Å². The summed E-state index contributed by atoms with van der Waals surface area (Å²) in [5.41, 5.74) is 2.41. The monoisotopic (exact) mass is 486 g/mol. The first-order valence-electron chi connectivity index (χ1n) is 10.3. The van der Waals surface area contributed by atoms with Crippen molar-refractivity contribution < 1.29 is 19.4 Å². The molecule has 1 saturated heterocycles. The molecule has 2 aromatic rings. The number of rotatable bonds is 8. The maximum atomic E-state index is 12.9. The van der Waals surface area contributed by atoms with E-state index in [-0.39, 0.29) is 17.9 Å². The summed E-state index contributed by atoms with van der Waals surface area (Å²) in [5.74, 6) is -1.49. The molecule has 0 aliphatic carbocycles. The Bertz CT molecular complexity index is 966. The first-order chi connectivity index (χ1) is 14.9. The summed E-state index contributed by atoms with van der Waals surface area (Å²) in [6, 6.07) is 14.1. The first kappa shape index (κ1) is 23.0. The summed E-state index contributed by atoms with van der Waals surface area (Å²) >= 11 is 3.37. The van der Waals surface area contributed by atoms with Crippen LogP contribution in [0.4, 0.5) is 5.69 Å². The summed E-state index contributed by atoms with van der Waals surface area (Å²) in [4.78, 5) is 29.5. The quantitative estimate of drug-likeness (QED) is 0.341. The number of ketones is 1. The van der Waals surface area contributed by atoms with Gasteiger partial charge in [0.2, 0.25) is 0 Å². The molecule has 3 rings (SSSR count). The number of likely N-dealkylation sites (tertiary alicyclic amines) is 1. The van der Waals surface area contributed by atoms with E-state index in [1.165, 1.54) is 4.90 Å². The molecule has 0 radical (unpaired) electrons. The van der Waals surface area contributed by atoms with E-state index in [9.17, 15) is 14.7 Å². The maximum absolute atomic E-state index is 12.9. The number of carbonyl (C=O) groups is 2. The fraction of sp³-hybridized carbons (Fsp3) is 0.333. The fourth-order valence-electron chi connectivity index (χ4n) is 3.87. The SMILES string of the molecule is CCN(CC)c1ccc(C2/C(=C(/O)c3ccc(Br)cc3)C(=O)C(=O)N2CCOC)cc1. The molecule has 6 nitrogen and oxygen atoms in total. The van der Waals surface area contributed by atoms with Gasteiger partial charge in [-0.2, -0.15) is 0 Å². The largest absolute Gasteiger partial charge is 0.507 e. The van der Waals surface area contributed by atoms with Crippen molar-refractivity contribution in [3.05, 3.63) is 69.7 Å². The number of aliphatic hydroxyl groups excluding tert-OH is 1. The van der Waals surface area contributed by atoms with Gasteiger partial charge in [0.15, 0.2) is 0 Å². The molecule has 0 aromatic heterocycles. The highest BCUT2D eigenvalue weighted by Crippen LogP contribution is 2.39. The minimum absolute atomic E-state index is 0.0963. The number of hydrogen-bond acceptors (Lipinski definition) is 5. The lowest BCUT2D eigenvalue weighted by atomic mass is 9.95. The molecule has 1 aliphatic heterocycles. The van der Waals surface area contributed by atoms with Crippen molar-refractivity contribution in [2.75, 3.05) is 38.3 Å². The van der Waals surface area contributed by atoms with Crippen LogP contribution in [0.25, 0.3) is 5.76 Å². The van der Waals surface area contributed by atoms with Crippen molar-refractivity contribution >= 4 is 39.1 Å². The fourth-order valence-corrected chi connectivity index (χ4v) is 4.13. The Morgan fingerprint density at radius 1 is 1.06 bits per heavy atom. The minimum atomic E-state index is -0.686. The number of amides is 1. The Labute approximate surface area is 191 Å². The van der Waals surface area contributed by atoms with E-state index >= 15 is 0 Å². The molecule has 1 N–H and O–H groups in total. The van der Waals surface area contributed by atoms with Gasteiger partial charge in [-0.25, -0.2) is 0 Å². The number of carbonyl (C=O) groups excluding carboxylic acids is 2. The van der Waals surface area contributed by atoms with Crippen LogP contribution < -0.4 is 4.90 Å².